The second-order valence-corrected chi connectivity index (χ2v) is 12.7. The van der Waals surface area contributed by atoms with Crippen LogP contribution in [-0.4, -0.2) is 93.1 Å². The molecule has 3 heterocycles. The Labute approximate surface area is 303 Å². The predicted octanol–water partition coefficient (Wildman–Crippen LogP) is 2.43. The van der Waals surface area contributed by atoms with Gasteiger partial charge >= 0.3 is 6.03 Å². The fourth-order valence-corrected chi connectivity index (χ4v) is 6.57. The maximum Gasteiger partial charge on any atom is 0.319 e. The number of aliphatic hydroxyl groups is 3. The second-order valence-electron chi connectivity index (χ2n) is 12.7. The van der Waals surface area contributed by atoms with Crippen molar-refractivity contribution in [2.75, 3.05) is 23.8 Å². The maximum atomic E-state index is 12.7. The molecule has 0 spiro atoms. The van der Waals surface area contributed by atoms with Crippen molar-refractivity contribution in [1.82, 2.24) is 39.9 Å². The van der Waals surface area contributed by atoms with Crippen molar-refractivity contribution in [1.29, 1.82) is 0 Å². The Morgan fingerprint density at radius 2 is 1.66 bits per heavy atom. The zero-order valence-corrected chi connectivity index (χ0v) is 28.3. The number of phenolic OH excluding ortho intramolecular Hbond substituents is 1. The van der Waals surface area contributed by atoms with Gasteiger partial charge in [0.15, 0.2) is 17.0 Å². The quantitative estimate of drug-likeness (QED) is 0.0917. The maximum absolute atomic E-state index is 12.7. The number of nitrogens with one attached hydrogen (secondary N) is 4. The molecule has 0 aliphatic heterocycles. The average Bonchev–Trinajstić information content (AvgIpc) is 3.89. The summed E-state index contributed by atoms with van der Waals surface area (Å²) in [6, 6.07) is 24.6. The van der Waals surface area contributed by atoms with E-state index in [1.807, 2.05) is 36.4 Å². The average molecular weight is 719 g/mol. The summed E-state index contributed by atoms with van der Waals surface area (Å²) in [7, 11) is 0. The number of benzene rings is 3. The minimum absolute atomic E-state index is 0.0606. The first-order valence-electron chi connectivity index (χ1n) is 17.0. The number of hydrogen-bond donors (Lipinski definition) is 8. The van der Waals surface area contributed by atoms with Gasteiger partial charge < -0.3 is 46.3 Å². The number of aliphatic hydroxyl groups excluding tert-OH is 3. The van der Waals surface area contributed by atoms with E-state index < -0.39 is 42.8 Å². The van der Waals surface area contributed by atoms with E-state index in [2.05, 4.69) is 55.6 Å². The second kappa shape index (κ2) is 15.5. The molecule has 0 bridgehead atoms. The van der Waals surface area contributed by atoms with Crippen molar-refractivity contribution >= 4 is 34.6 Å². The molecule has 53 heavy (non-hydrogen) atoms. The fourth-order valence-electron chi connectivity index (χ4n) is 6.57. The van der Waals surface area contributed by atoms with Crippen LogP contribution in [0.5, 0.6) is 5.75 Å². The van der Waals surface area contributed by atoms with Crippen LogP contribution in [0.2, 0.25) is 0 Å². The van der Waals surface area contributed by atoms with Crippen LogP contribution in [0.1, 0.15) is 35.1 Å². The zero-order valence-electron chi connectivity index (χ0n) is 28.3. The van der Waals surface area contributed by atoms with Gasteiger partial charge in [-0.3, -0.25) is 4.79 Å². The molecule has 0 saturated heterocycles. The van der Waals surface area contributed by atoms with Gasteiger partial charge in [0.1, 0.15) is 24.6 Å². The molecular weight excluding hydrogens is 680 g/mol. The number of carbonyl (C=O) groups is 2. The van der Waals surface area contributed by atoms with E-state index >= 15 is 0 Å². The topological polar surface area (TPSA) is 225 Å². The van der Waals surface area contributed by atoms with Gasteiger partial charge in [0.25, 0.3) is 5.95 Å². The van der Waals surface area contributed by atoms with Crippen molar-refractivity contribution in [2.24, 2.45) is 0 Å². The van der Waals surface area contributed by atoms with Gasteiger partial charge in [-0.15, -0.1) is 0 Å². The number of imidazole rings is 1. The van der Waals surface area contributed by atoms with E-state index in [4.69, 9.17) is 9.97 Å². The number of fused-ring (bicyclic) bond motifs is 1. The number of rotatable bonds is 12. The summed E-state index contributed by atoms with van der Waals surface area (Å²) in [4.78, 5) is 38.8. The highest BCUT2D eigenvalue weighted by Crippen LogP contribution is 2.35. The molecular formula is C37H38N10O6. The number of nitrogens with zero attached hydrogens (tertiary/aromatic N) is 6. The van der Waals surface area contributed by atoms with Crippen LogP contribution < -0.4 is 21.3 Å². The highest BCUT2D eigenvalue weighted by atomic mass is 16.3. The molecule has 1 aliphatic rings. The third-order valence-electron chi connectivity index (χ3n) is 9.20. The minimum Gasteiger partial charge on any atom is -0.508 e. The summed E-state index contributed by atoms with van der Waals surface area (Å²) in [5, 5.41) is 56.7. The third kappa shape index (κ3) is 7.79. The monoisotopic (exact) mass is 718 g/mol. The third-order valence-corrected chi connectivity index (χ3v) is 9.20. The molecule has 1 saturated carbocycles. The Bertz CT molecular complexity index is 2160. The normalized spacial score (nSPS) is 18.3. The van der Waals surface area contributed by atoms with Gasteiger partial charge in [0.2, 0.25) is 5.91 Å². The molecule has 3 aromatic heterocycles. The minimum atomic E-state index is -1.30. The first kappa shape index (κ1) is 35.1. The van der Waals surface area contributed by atoms with Crippen molar-refractivity contribution < 1.29 is 30.0 Å². The van der Waals surface area contributed by atoms with Gasteiger partial charge in [-0.05, 0) is 35.2 Å². The van der Waals surface area contributed by atoms with Crippen LogP contribution in [0.15, 0.2) is 104 Å². The van der Waals surface area contributed by atoms with E-state index in [0.29, 0.717) is 29.2 Å². The molecule has 6 aromatic rings. The highest BCUT2D eigenvalue weighted by molar-refractivity contribution is 5.89. The van der Waals surface area contributed by atoms with Crippen LogP contribution in [0.25, 0.3) is 17.1 Å². The molecule has 1 aliphatic carbocycles. The lowest BCUT2D eigenvalue weighted by Gasteiger charge is -2.20. The van der Waals surface area contributed by atoms with E-state index in [-0.39, 0.29) is 30.6 Å². The Balaban J connectivity index is 1.20. The fraction of sp³-hybridized carbons (Fsp3) is 0.243. The van der Waals surface area contributed by atoms with E-state index in [1.165, 1.54) is 17.2 Å². The summed E-state index contributed by atoms with van der Waals surface area (Å²) in [6.45, 7) is -0.138. The van der Waals surface area contributed by atoms with Crippen LogP contribution in [0.4, 0.5) is 16.3 Å². The van der Waals surface area contributed by atoms with Crippen LogP contribution in [0.3, 0.4) is 0 Å². The smallest absolute Gasteiger partial charge is 0.319 e. The molecule has 4 atom stereocenters. The van der Waals surface area contributed by atoms with E-state index in [1.54, 1.807) is 35.0 Å². The van der Waals surface area contributed by atoms with Gasteiger partial charge in [-0.2, -0.15) is 15.1 Å². The molecule has 0 radical (unpaired) electrons. The first-order chi connectivity index (χ1) is 25.8. The van der Waals surface area contributed by atoms with E-state index in [9.17, 15) is 30.0 Å². The van der Waals surface area contributed by atoms with Gasteiger partial charge in [0.05, 0.1) is 36.5 Å². The molecule has 0 unspecified atom stereocenters. The summed E-state index contributed by atoms with van der Waals surface area (Å²) < 4.78 is 3.02. The summed E-state index contributed by atoms with van der Waals surface area (Å²) >= 11 is 0. The van der Waals surface area contributed by atoms with Crippen molar-refractivity contribution in [3.63, 3.8) is 0 Å². The van der Waals surface area contributed by atoms with Crippen LogP contribution in [-0.2, 0) is 11.3 Å². The Kier molecular flexibility index (Phi) is 10.2. The molecule has 272 valence electrons. The molecule has 16 nitrogen and oxygen atoms in total. The Morgan fingerprint density at radius 3 is 2.36 bits per heavy atom. The molecule has 7 rings (SSSR count). The largest absolute Gasteiger partial charge is 0.508 e. The van der Waals surface area contributed by atoms with Gasteiger partial charge in [0, 0.05) is 19.0 Å². The predicted molar refractivity (Wildman–Crippen MR) is 194 cm³/mol. The highest BCUT2D eigenvalue weighted by Gasteiger charge is 2.44. The number of aromatic nitrogens is 6. The number of hydrogen-bond acceptors (Lipinski definition) is 11. The molecule has 3 aromatic carbocycles. The van der Waals surface area contributed by atoms with Gasteiger partial charge in [-0.1, -0.05) is 72.8 Å². The molecule has 8 N–H and O–H groups in total. The summed E-state index contributed by atoms with van der Waals surface area (Å²) in [5.74, 6) is -0.122. The standard InChI is InChI=1S/C37H38N10O6/c48-20-30(50)43-28-15-29(33(52)32(28)51)46-21-40-31-34(38-18-27(23-9-3-1-4-10-23)24-11-5-2-6-12-24)44-36(45-35(31)46)47-19-25(17-41-47)42-37(53)39-16-22-8-7-13-26(49)14-22/h1-14,17,19,21,27-29,32-33,48-49,51-52H,15-16,18,20H2,(H,43,50)(H,38,44,45)(H2,39,42,53)/t28-,29+,32+,33-/m0/s1. The number of amides is 3. The van der Waals surface area contributed by atoms with Crippen LogP contribution in [0, 0.1) is 0 Å². The lowest BCUT2D eigenvalue weighted by molar-refractivity contribution is -0.125. The van der Waals surface area contributed by atoms with Crippen molar-refractivity contribution in [3.8, 4) is 11.7 Å². The lowest BCUT2D eigenvalue weighted by atomic mass is 9.91. The number of aromatic hydroxyl groups is 1. The number of phenols is 1. The van der Waals surface area contributed by atoms with Crippen molar-refractivity contribution in [2.45, 2.75) is 43.2 Å². The van der Waals surface area contributed by atoms with Crippen LogP contribution >= 0.6 is 0 Å². The SMILES string of the molecule is O=C(CO)N[C@H]1C[C@@H](n2cnc3c(NCC(c4ccccc4)c4ccccc4)nc(-n4cc(NC(=O)NCc5cccc(O)c5)cn4)nc32)[C@H](O)[C@@H]1O. The van der Waals surface area contributed by atoms with Gasteiger partial charge in [-0.25, -0.2) is 14.5 Å². The van der Waals surface area contributed by atoms with E-state index in [0.717, 1.165) is 16.7 Å². The number of anilines is 2. The Hall–Kier alpha value is -6.36. The molecule has 16 heteroatoms. The lowest BCUT2D eigenvalue weighted by Crippen LogP contribution is -2.44. The van der Waals surface area contributed by atoms with Crippen molar-refractivity contribution in [3.05, 3.63) is 120 Å². The zero-order chi connectivity index (χ0) is 36.9. The summed E-state index contributed by atoms with van der Waals surface area (Å²) in [5.41, 5.74) is 3.98. The number of urea groups is 1. The summed E-state index contributed by atoms with van der Waals surface area (Å²) in [6.07, 6.45) is 2.04. The molecule has 3 amide bonds. The Morgan fingerprint density at radius 1 is 0.925 bits per heavy atom. The first-order valence-corrected chi connectivity index (χ1v) is 17.0. The molecule has 1 fully saturated rings. The number of carbonyl (C=O) groups excluding carboxylic acids is 2.